The van der Waals surface area contributed by atoms with Gasteiger partial charge in [-0.2, -0.15) is 28.5 Å². The van der Waals surface area contributed by atoms with Crippen LogP contribution in [0.15, 0.2) is 37.1 Å². The van der Waals surface area contributed by atoms with E-state index in [4.69, 9.17) is 4.74 Å². The molecule has 11 nitrogen and oxygen atoms in total. The number of halogens is 3. The molecule has 1 aliphatic carbocycles. The molecule has 14 heteroatoms. The number of rotatable bonds is 8. The number of nitriles is 1. The zero-order valence-corrected chi connectivity index (χ0v) is 22.9. The Balaban J connectivity index is 1.10. The summed E-state index contributed by atoms with van der Waals surface area (Å²) in [5, 5.41) is 24.6. The van der Waals surface area contributed by atoms with E-state index in [1.54, 1.807) is 13.1 Å². The lowest BCUT2D eigenvalue weighted by Crippen LogP contribution is -2.65. The third-order valence-electron chi connectivity index (χ3n) is 8.30. The minimum absolute atomic E-state index is 0.0944. The van der Waals surface area contributed by atoms with Gasteiger partial charge in [-0.25, -0.2) is 15.0 Å². The number of aromatic nitrogens is 7. The molecule has 5 heterocycles. The van der Waals surface area contributed by atoms with Crippen molar-refractivity contribution < 1.29 is 23.0 Å². The molecule has 4 aromatic rings. The molecule has 220 valence electrons. The molecule has 42 heavy (non-hydrogen) atoms. The molecule has 2 fully saturated rings. The summed E-state index contributed by atoms with van der Waals surface area (Å²) < 4.78 is 47.9. The molecule has 6 rings (SSSR count). The Labute approximate surface area is 239 Å². The number of likely N-dealkylation sites (tertiary alicyclic amines) is 1. The van der Waals surface area contributed by atoms with E-state index >= 15 is 0 Å². The minimum atomic E-state index is -4.72. The lowest BCUT2D eigenvalue weighted by Gasteiger charge is -2.53. The van der Waals surface area contributed by atoms with Crippen LogP contribution in [0.3, 0.4) is 0 Å². The second-order valence-corrected chi connectivity index (χ2v) is 11.2. The Morgan fingerprint density at radius 3 is 2.71 bits per heavy atom. The number of hydrogen-bond acceptors (Lipinski definition) is 9. The van der Waals surface area contributed by atoms with Gasteiger partial charge >= 0.3 is 6.18 Å². The molecule has 1 saturated heterocycles. The van der Waals surface area contributed by atoms with Crippen molar-refractivity contribution in [2.75, 3.05) is 19.7 Å². The van der Waals surface area contributed by atoms with Crippen LogP contribution in [-0.4, -0.2) is 76.5 Å². The van der Waals surface area contributed by atoms with Crippen LogP contribution in [0.2, 0.25) is 0 Å². The molecule has 1 atom stereocenters. The predicted octanol–water partition coefficient (Wildman–Crippen LogP) is 4.04. The molecule has 4 aromatic heterocycles. The fourth-order valence-electron chi connectivity index (χ4n) is 5.93. The summed E-state index contributed by atoms with van der Waals surface area (Å²) in [6.45, 7) is 2.60. The summed E-state index contributed by atoms with van der Waals surface area (Å²) in [5.41, 5.74) is 2.02. The van der Waals surface area contributed by atoms with Gasteiger partial charge in [0.1, 0.15) is 23.6 Å². The van der Waals surface area contributed by atoms with E-state index < -0.39 is 23.5 Å². The predicted molar refractivity (Wildman–Crippen MR) is 144 cm³/mol. The van der Waals surface area contributed by atoms with Gasteiger partial charge in [-0.05, 0) is 31.7 Å². The summed E-state index contributed by atoms with van der Waals surface area (Å²) >= 11 is 0. The van der Waals surface area contributed by atoms with Crippen molar-refractivity contribution in [3.05, 3.63) is 48.6 Å². The van der Waals surface area contributed by atoms with Crippen molar-refractivity contribution in [2.45, 2.75) is 68.8 Å². The van der Waals surface area contributed by atoms with Gasteiger partial charge in [0, 0.05) is 54.5 Å². The molecule has 1 aliphatic heterocycles. The SMILES string of the molecule is CC(CO)c1cc(O[C@H]2CC[C@@H](N3CC(CC#N)(n4cc(-c5ncnc6[nH]ccc56)cn4)C3)CC2)nc(C(F)(F)F)n1. The highest BCUT2D eigenvalue weighted by molar-refractivity contribution is 5.90. The van der Waals surface area contributed by atoms with Crippen LogP contribution in [-0.2, 0) is 11.7 Å². The van der Waals surface area contributed by atoms with Gasteiger partial charge in [0.25, 0.3) is 0 Å². The number of nitrogens with zero attached hydrogens (tertiary/aromatic N) is 8. The van der Waals surface area contributed by atoms with Crippen molar-refractivity contribution in [3.8, 4) is 23.2 Å². The van der Waals surface area contributed by atoms with E-state index in [-0.39, 0.29) is 30.3 Å². The number of ether oxygens (including phenoxy) is 1. The quantitative estimate of drug-likeness (QED) is 0.315. The number of aliphatic hydroxyl groups is 1. The van der Waals surface area contributed by atoms with Gasteiger partial charge in [-0.15, -0.1) is 0 Å². The third kappa shape index (κ3) is 5.30. The molecule has 0 bridgehead atoms. The molecule has 1 saturated carbocycles. The molecular weight excluding hydrogens is 551 g/mol. The summed E-state index contributed by atoms with van der Waals surface area (Å²) in [6.07, 6.45) is 5.30. The first-order valence-electron chi connectivity index (χ1n) is 13.9. The van der Waals surface area contributed by atoms with E-state index in [2.05, 4.69) is 41.0 Å². The molecule has 0 spiro atoms. The van der Waals surface area contributed by atoms with E-state index in [1.165, 1.54) is 12.4 Å². The monoisotopic (exact) mass is 581 g/mol. The first kappa shape index (κ1) is 28.0. The summed E-state index contributed by atoms with van der Waals surface area (Å²) in [4.78, 5) is 21.3. The number of fused-ring (bicyclic) bond motifs is 1. The van der Waals surface area contributed by atoms with E-state index in [0.717, 1.165) is 35.1 Å². The Hall–Kier alpha value is -4.09. The molecular formula is C28H30F3N9O2. The van der Waals surface area contributed by atoms with Gasteiger partial charge in [0.15, 0.2) is 0 Å². The molecule has 0 amide bonds. The number of aromatic amines is 1. The second kappa shape index (κ2) is 11.0. The van der Waals surface area contributed by atoms with Gasteiger partial charge < -0.3 is 14.8 Å². The maximum absolute atomic E-state index is 13.4. The average molecular weight is 582 g/mol. The second-order valence-electron chi connectivity index (χ2n) is 11.2. The van der Waals surface area contributed by atoms with Crippen LogP contribution in [0.25, 0.3) is 22.3 Å². The van der Waals surface area contributed by atoms with Crippen LogP contribution in [0.5, 0.6) is 5.88 Å². The van der Waals surface area contributed by atoms with Crippen LogP contribution in [0, 0.1) is 11.3 Å². The highest BCUT2D eigenvalue weighted by Crippen LogP contribution is 2.39. The Kier molecular flexibility index (Phi) is 7.32. The van der Waals surface area contributed by atoms with E-state index in [0.29, 0.717) is 32.4 Å². The highest BCUT2D eigenvalue weighted by Gasteiger charge is 2.48. The highest BCUT2D eigenvalue weighted by atomic mass is 19.4. The number of alkyl halides is 3. The number of aliphatic hydroxyl groups excluding tert-OH is 1. The van der Waals surface area contributed by atoms with Crippen LogP contribution in [0.1, 0.15) is 56.5 Å². The standard InChI is InChI=1S/C28H30F3N9O2/c1-17(13-41)22-10-23(38-26(37-22)28(29,30)31)42-20-4-2-19(3-5-20)39-14-27(15-39,7-8-32)40-12-18(11-36-40)24-21-6-9-33-25(21)35-16-34-24/h6,9-12,16-17,19-20,41H,2-5,7,13-15H2,1H3,(H,33,34,35)/t17?,19-,20+. The van der Waals surface area contributed by atoms with Crippen LogP contribution in [0.4, 0.5) is 13.2 Å². The normalized spacial score (nSPS) is 21.5. The zero-order chi connectivity index (χ0) is 29.5. The summed E-state index contributed by atoms with van der Waals surface area (Å²) in [7, 11) is 0. The molecule has 0 radical (unpaired) electrons. The Morgan fingerprint density at radius 2 is 2.00 bits per heavy atom. The van der Waals surface area contributed by atoms with Crippen molar-refractivity contribution in [1.82, 2.24) is 39.6 Å². The van der Waals surface area contributed by atoms with Gasteiger partial charge in [0.2, 0.25) is 11.7 Å². The van der Waals surface area contributed by atoms with Crippen molar-refractivity contribution >= 4 is 11.0 Å². The lowest BCUT2D eigenvalue weighted by molar-refractivity contribution is -0.145. The zero-order valence-electron chi connectivity index (χ0n) is 22.9. The van der Waals surface area contributed by atoms with Gasteiger partial charge in [-0.3, -0.25) is 9.58 Å². The fourth-order valence-corrected chi connectivity index (χ4v) is 5.93. The molecule has 2 N–H and O–H groups in total. The molecule has 2 aliphatic rings. The van der Waals surface area contributed by atoms with Gasteiger partial charge in [0.05, 0.1) is 36.7 Å². The lowest BCUT2D eigenvalue weighted by atomic mass is 9.82. The van der Waals surface area contributed by atoms with Crippen molar-refractivity contribution in [3.63, 3.8) is 0 Å². The minimum Gasteiger partial charge on any atom is -0.474 e. The Bertz CT molecular complexity index is 1600. The maximum atomic E-state index is 13.4. The number of nitrogens with one attached hydrogen (secondary N) is 1. The molecule has 1 unspecified atom stereocenters. The molecule has 0 aromatic carbocycles. The van der Waals surface area contributed by atoms with Crippen LogP contribution >= 0.6 is 0 Å². The maximum Gasteiger partial charge on any atom is 0.451 e. The number of H-pyrrole nitrogens is 1. The topological polar surface area (TPSA) is 142 Å². The number of hydrogen-bond donors (Lipinski definition) is 2. The van der Waals surface area contributed by atoms with E-state index in [1.807, 2.05) is 23.1 Å². The van der Waals surface area contributed by atoms with Crippen molar-refractivity contribution in [2.24, 2.45) is 0 Å². The smallest absolute Gasteiger partial charge is 0.451 e. The first-order valence-corrected chi connectivity index (χ1v) is 13.9. The van der Waals surface area contributed by atoms with Crippen LogP contribution < -0.4 is 4.74 Å². The fraction of sp³-hybridized carbons (Fsp3) is 0.500. The average Bonchev–Trinajstić information content (AvgIpc) is 3.65. The summed E-state index contributed by atoms with van der Waals surface area (Å²) in [5.74, 6) is -1.96. The van der Waals surface area contributed by atoms with Gasteiger partial charge in [-0.1, -0.05) is 6.92 Å². The van der Waals surface area contributed by atoms with Crippen molar-refractivity contribution in [1.29, 1.82) is 5.26 Å². The summed E-state index contributed by atoms with van der Waals surface area (Å²) in [6, 6.07) is 5.91. The van der Waals surface area contributed by atoms with E-state index in [9.17, 15) is 23.5 Å². The third-order valence-corrected chi connectivity index (χ3v) is 8.30. The first-order chi connectivity index (χ1) is 20.2. The largest absolute Gasteiger partial charge is 0.474 e. The Morgan fingerprint density at radius 1 is 1.21 bits per heavy atom.